The number of halogens is 1. The lowest BCUT2D eigenvalue weighted by atomic mass is 10.2. The SMILES string of the molecule is Cc1[nH]c(-c2ccccc2F)nc1C#N. The lowest BCUT2D eigenvalue weighted by Gasteiger charge is -1.97. The summed E-state index contributed by atoms with van der Waals surface area (Å²) in [5.74, 6) is 0.0397. The minimum atomic E-state index is -0.351. The fourth-order valence-corrected chi connectivity index (χ4v) is 1.35. The summed E-state index contributed by atoms with van der Waals surface area (Å²) in [7, 11) is 0. The maximum Gasteiger partial charge on any atom is 0.161 e. The summed E-state index contributed by atoms with van der Waals surface area (Å²) in [6.45, 7) is 1.73. The van der Waals surface area contributed by atoms with E-state index in [1.165, 1.54) is 6.07 Å². The second-order valence-electron chi connectivity index (χ2n) is 3.15. The van der Waals surface area contributed by atoms with Gasteiger partial charge in [-0.05, 0) is 19.1 Å². The van der Waals surface area contributed by atoms with Gasteiger partial charge in [-0.1, -0.05) is 12.1 Å². The summed E-state index contributed by atoms with van der Waals surface area (Å²) in [4.78, 5) is 6.88. The number of rotatable bonds is 1. The summed E-state index contributed by atoms with van der Waals surface area (Å²) in [5.41, 5.74) is 1.33. The fraction of sp³-hybridized carbons (Fsp3) is 0.0909. The standard InChI is InChI=1S/C11H8FN3/c1-7-10(6-13)15-11(14-7)8-4-2-3-5-9(8)12/h2-5H,1H3,(H,14,15). The maximum absolute atomic E-state index is 13.4. The number of aromatic nitrogens is 2. The van der Waals surface area contributed by atoms with Crippen molar-refractivity contribution >= 4 is 0 Å². The Morgan fingerprint density at radius 3 is 2.73 bits per heavy atom. The molecule has 0 amide bonds. The van der Waals surface area contributed by atoms with Crippen molar-refractivity contribution in [1.29, 1.82) is 5.26 Å². The van der Waals surface area contributed by atoms with Crippen LogP contribution in [0, 0.1) is 24.1 Å². The Morgan fingerprint density at radius 1 is 1.40 bits per heavy atom. The fourth-order valence-electron chi connectivity index (χ4n) is 1.35. The van der Waals surface area contributed by atoms with Crippen LogP contribution in [0.4, 0.5) is 4.39 Å². The van der Waals surface area contributed by atoms with Crippen LogP contribution in [0.1, 0.15) is 11.4 Å². The smallest absolute Gasteiger partial charge is 0.161 e. The lowest BCUT2D eigenvalue weighted by molar-refractivity contribution is 0.630. The zero-order chi connectivity index (χ0) is 10.8. The molecule has 0 atom stereocenters. The first-order valence-corrected chi connectivity index (χ1v) is 4.44. The van der Waals surface area contributed by atoms with Gasteiger partial charge in [-0.25, -0.2) is 9.37 Å². The van der Waals surface area contributed by atoms with Crippen molar-refractivity contribution in [3.05, 3.63) is 41.5 Å². The number of aromatic amines is 1. The summed E-state index contributed by atoms with van der Waals surface area (Å²) in [5, 5.41) is 8.72. The molecule has 0 aliphatic heterocycles. The highest BCUT2D eigenvalue weighted by atomic mass is 19.1. The van der Waals surface area contributed by atoms with Crippen LogP contribution < -0.4 is 0 Å². The number of imidazole rings is 1. The number of hydrogen-bond donors (Lipinski definition) is 1. The number of nitrogens with zero attached hydrogens (tertiary/aromatic N) is 2. The van der Waals surface area contributed by atoms with E-state index in [1.807, 2.05) is 6.07 Å². The molecule has 0 fully saturated rings. The molecule has 0 spiro atoms. The molecule has 0 aliphatic rings. The van der Waals surface area contributed by atoms with Gasteiger partial charge in [0.1, 0.15) is 17.7 Å². The predicted molar refractivity (Wildman–Crippen MR) is 53.4 cm³/mol. The number of benzene rings is 1. The molecule has 1 aromatic heterocycles. The van der Waals surface area contributed by atoms with E-state index in [1.54, 1.807) is 25.1 Å². The zero-order valence-corrected chi connectivity index (χ0v) is 8.08. The number of H-pyrrole nitrogens is 1. The van der Waals surface area contributed by atoms with Crippen molar-refractivity contribution in [2.75, 3.05) is 0 Å². The average molecular weight is 201 g/mol. The molecule has 2 aromatic rings. The molecular weight excluding hydrogens is 193 g/mol. The molecule has 0 saturated carbocycles. The van der Waals surface area contributed by atoms with Crippen LogP contribution in [-0.2, 0) is 0 Å². The average Bonchev–Trinajstić information content (AvgIpc) is 2.60. The highest BCUT2D eigenvalue weighted by molar-refractivity contribution is 5.57. The van der Waals surface area contributed by atoms with Gasteiger partial charge in [0.2, 0.25) is 0 Å². The van der Waals surface area contributed by atoms with Gasteiger partial charge in [0.15, 0.2) is 5.69 Å². The largest absolute Gasteiger partial charge is 0.341 e. The molecule has 2 rings (SSSR count). The van der Waals surface area contributed by atoms with Gasteiger partial charge in [0.25, 0.3) is 0 Å². The number of nitrogens with one attached hydrogen (secondary N) is 1. The van der Waals surface area contributed by atoms with Gasteiger partial charge in [0.05, 0.1) is 11.3 Å². The maximum atomic E-state index is 13.4. The lowest BCUT2D eigenvalue weighted by Crippen LogP contribution is -1.85. The van der Waals surface area contributed by atoms with Crippen LogP contribution in [0.15, 0.2) is 24.3 Å². The Morgan fingerprint density at radius 2 is 2.13 bits per heavy atom. The van der Waals surface area contributed by atoms with E-state index in [9.17, 15) is 4.39 Å². The third-order valence-corrected chi connectivity index (χ3v) is 2.12. The molecular formula is C11H8FN3. The first-order chi connectivity index (χ1) is 7.22. The molecule has 3 nitrogen and oxygen atoms in total. The van der Waals surface area contributed by atoms with Gasteiger partial charge in [-0.15, -0.1) is 0 Å². The van der Waals surface area contributed by atoms with Crippen molar-refractivity contribution in [1.82, 2.24) is 9.97 Å². The van der Waals surface area contributed by atoms with Crippen LogP contribution in [0.2, 0.25) is 0 Å². The minimum absolute atomic E-state index is 0.299. The van der Waals surface area contributed by atoms with Crippen LogP contribution in [0.3, 0.4) is 0 Å². The van der Waals surface area contributed by atoms with Gasteiger partial charge >= 0.3 is 0 Å². The van der Waals surface area contributed by atoms with E-state index in [2.05, 4.69) is 9.97 Å². The summed E-state index contributed by atoms with van der Waals surface area (Å²) in [6, 6.07) is 8.26. The van der Waals surface area contributed by atoms with Gasteiger partial charge < -0.3 is 4.98 Å². The molecule has 1 heterocycles. The molecule has 0 saturated heterocycles. The van der Waals surface area contributed by atoms with Crippen LogP contribution in [-0.4, -0.2) is 9.97 Å². The summed E-state index contributed by atoms with van der Waals surface area (Å²) >= 11 is 0. The normalized spacial score (nSPS) is 9.93. The molecule has 0 radical (unpaired) electrons. The van der Waals surface area contributed by atoms with Crippen molar-refractivity contribution in [2.24, 2.45) is 0 Å². The van der Waals surface area contributed by atoms with E-state index in [4.69, 9.17) is 5.26 Å². The van der Waals surface area contributed by atoms with E-state index in [0.717, 1.165) is 0 Å². The number of hydrogen-bond acceptors (Lipinski definition) is 2. The van der Waals surface area contributed by atoms with E-state index in [-0.39, 0.29) is 5.82 Å². The Kier molecular flexibility index (Phi) is 2.22. The zero-order valence-electron chi connectivity index (χ0n) is 8.08. The first-order valence-electron chi connectivity index (χ1n) is 4.44. The quantitative estimate of drug-likeness (QED) is 0.770. The minimum Gasteiger partial charge on any atom is -0.341 e. The third-order valence-electron chi connectivity index (χ3n) is 2.12. The van der Waals surface area contributed by atoms with Crippen LogP contribution in [0.5, 0.6) is 0 Å². The monoisotopic (exact) mass is 201 g/mol. The van der Waals surface area contributed by atoms with E-state index in [0.29, 0.717) is 22.8 Å². The third kappa shape index (κ3) is 1.59. The molecule has 1 N–H and O–H groups in total. The molecule has 0 bridgehead atoms. The first kappa shape index (κ1) is 9.41. The number of aryl methyl sites for hydroxylation is 1. The second-order valence-corrected chi connectivity index (χ2v) is 3.15. The molecule has 15 heavy (non-hydrogen) atoms. The summed E-state index contributed by atoms with van der Waals surface area (Å²) in [6.07, 6.45) is 0. The van der Waals surface area contributed by atoms with Crippen LogP contribution >= 0.6 is 0 Å². The Labute approximate surface area is 86.2 Å². The van der Waals surface area contributed by atoms with Crippen molar-refractivity contribution in [3.8, 4) is 17.5 Å². The molecule has 0 unspecified atom stereocenters. The van der Waals surface area contributed by atoms with Crippen molar-refractivity contribution < 1.29 is 4.39 Å². The summed E-state index contributed by atoms with van der Waals surface area (Å²) < 4.78 is 13.4. The topological polar surface area (TPSA) is 52.5 Å². The highest BCUT2D eigenvalue weighted by Gasteiger charge is 2.10. The Bertz CT molecular complexity index is 537. The molecule has 0 aliphatic carbocycles. The van der Waals surface area contributed by atoms with Gasteiger partial charge in [-0.2, -0.15) is 5.26 Å². The van der Waals surface area contributed by atoms with Gasteiger partial charge in [-0.3, -0.25) is 0 Å². The Hall–Kier alpha value is -2.15. The molecule has 1 aromatic carbocycles. The predicted octanol–water partition coefficient (Wildman–Crippen LogP) is 2.40. The van der Waals surface area contributed by atoms with E-state index >= 15 is 0 Å². The highest BCUT2D eigenvalue weighted by Crippen LogP contribution is 2.20. The van der Waals surface area contributed by atoms with E-state index < -0.39 is 0 Å². The van der Waals surface area contributed by atoms with Crippen LogP contribution in [0.25, 0.3) is 11.4 Å². The van der Waals surface area contributed by atoms with Crippen molar-refractivity contribution in [3.63, 3.8) is 0 Å². The second kappa shape index (κ2) is 3.54. The number of nitriles is 1. The molecule has 74 valence electrons. The molecule has 4 heteroatoms. The van der Waals surface area contributed by atoms with Crippen molar-refractivity contribution in [2.45, 2.75) is 6.92 Å². The Balaban J connectivity index is 2.56. The van der Waals surface area contributed by atoms with Gasteiger partial charge in [0, 0.05) is 0 Å².